The number of nitrogens with two attached hydrogens (primary N) is 1. The van der Waals surface area contributed by atoms with Crippen LogP contribution in [0.15, 0.2) is 48.7 Å². The number of likely N-dealkylation sites (tertiary alicyclic amines) is 1. The average Bonchev–Trinajstić information content (AvgIpc) is 2.92. The minimum Gasteiger partial charge on any atom is -0.619 e. The fourth-order valence-corrected chi connectivity index (χ4v) is 5.30. The zero-order valence-corrected chi connectivity index (χ0v) is 25.3. The summed E-state index contributed by atoms with van der Waals surface area (Å²) in [6.45, 7) is 1.80. The number of pyridine rings is 1. The monoisotopic (exact) mass is 624 g/mol. The molecule has 1 aliphatic rings. The molecule has 0 aliphatic carbocycles. The van der Waals surface area contributed by atoms with Crippen molar-refractivity contribution >= 4 is 29.4 Å². The van der Waals surface area contributed by atoms with E-state index >= 15 is 0 Å². The van der Waals surface area contributed by atoms with E-state index in [2.05, 4.69) is 10.1 Å². The molecule has 2 aromatic rings. The van der Waals surface area contributed by atoms with Crippen molar-refractivity contribution in [1.82, 2.24) is 10.2 Å². The molecular weight excluding hydrogens is 586 g/mol. The Bertz CT molecular complexity index is 1260. The van der Waals surface area contributed by atoms with Crippen LogP contribution in [0.5, 0.6) is 0 Å². The van der Waals surface area contributed by atoms with Crippen molar-refractivity contribution in [2.75, 3.05) is 19.7 Å². The Hall–Kier alpha value is -3.35. The van der Waals surface area contributed by atoms with Gasteiger partial charge in [-0.3, -0.25) is 14.4 Å². The molecule has 3 N–H and O–H groups in total. The summed E-state index contributed by atoms with van der Waals surface area (Å²) in [6, 6.07) is 10.5. The maximum atomic E-state index is 14.0. The predicted octanol–water partition coefficient (Wildman–Crippen LogP) is 3.15. The SMILES string of the molecule is CC(C)(C)OC(=O)C[C@@H](Cc1cccc[n+]1[O-])C(=O)N1CCC[C@](Cc2ccc(Cl)cc2)(NC(=O)[C@@H](N)COC(F)F)C1. The van der Waals surface area contributed by atoms with Crippen LogP contribution in [0.1, 0.15) is 51.3 Å². The minimum atomic E-state index is -3.08. The average molecular weight is 625 g/mol. The van der Waals surface area contributed by atoms with E-state index in [-0.39, 0.29) is 31.7 Å². The standard InChI is InChI=1S/C30H39ClF2N4O6/c1-29(2,3)43-25(38)16-21(15-23-7-4-5-14-37(23)41)27(40)36-13-6-12-30(19-36,17-20-8-10-22(31)11-9-20)35-26(39)24(34)18-42-28(32)33/h4-5,7-11,14,21,24,28H,6,12-13,15-19,34H2,1-3H3,(H,35,39)/t21-,24+,30-/m1/s1. The molecule has 2 heterocycles. The molecule has 236 valence electrons. The lowest BCUT2D eigenvalue weighted by Gasteiger charge is -2.45. The highest BCUT2D eigenvalue weighted by Crippen LogP contribution is 2.29. The van der Waals surface area contributed by atoms with Gasteiger partial charge in [-0.1, -0.05) is 29.8 Å². The van der Waals surface area contributed by atoms with Crippen LogP contribution in [0.4, 0.5) is 8.78 Å². The lowest BCUT2D eigenvalue weighted by Crippen LogP contribution is -2.64. The quantitative estimate of drug-likeness (QED) is 0.210. The fourth-order valence-electron chi connectivity index (χ4n) is 5.17. The molecule has 0 saturated carbocycles. The molecule has 1 aromatic heterocycles. The molecule has 1 aromatic carbocycles. The first kappa shape index (κ1) is 34.1. The van der Waals surface area contributed by atoms with Gasteiger partial charge in [-0.15, -0.1) is 0 Å². The largest absolute Gasteiger partial charge is 0.619 e. The Morgan fingerprint density at radius 3 is 2.51 bits per heavy atom. The van der Waals surface area contributed by atoms with E-state index in [1.165, 1.54) is 6.20 Å². The number of nitrogens with zero attached hydrogens (tertiary/aromatic N) is 2. The third-order valence-corrected chi connectivity index (χ3v) is 7.27. The Kier molecular flexibility index (Phi) is 11.8. The number of nitrogens with one attached hydrogen (secondary N) is 1. The molecule has 0 radical (unpaired) electrons. The first-order chi connectivity index (χ1) is 20.2. The van der Waals surface area contributed by atoms with E-state index in [4.69, 9.17) is 22.1 Å². The van der Waals surface area contributed by atoms with Crippen molar-refractivity contribution < 1.29 is 37.4 Å². The molecule has 0 bridgehead atoms. The maximum Gasteiger partial charge on any atom is 0.345 e. The van der Waals surface area contributed by atoms with Crippen molar-refractivity contribution in [3.8, 4) is 0 Å². The van der Waals surface area contributed by atoms with Gasteiger partial charge in [0.15, 0.2) is 11.9 Å². The van der Waals surface area contributed by atoms with Gasteiger partial charge in [0.1, 0.15) is 11.6 Å². The second-order valence-electron chi connectivity index (χ2n) is 11.8. The Balaban J connectivity index is 1.89. The minimum absolute atomic E-state index is 0.00863. The van der Waals surface area contributed by atoms with Crippen LogP contribution in [0.25, 0.3) is 0 Å². The lowest BCUT2D eigenvalue weighted by molar-refractivity contribution is -0.614. The molecule has 13 heteroatoms. The fraction of sp³-hybridized carbons (Fsp3) is 0.533. The van der Waals surface area contributed by atoms with Gasteiger partial charge in [0.25, 0.3) is 0 Å². The van der Waals surface area contributed by atoms with Crippen molar-refractivity contribution in [1.29, 1.82) is 0 Å². The van der Waals surface area contributed by atoms with Crippen molar-refractivity contribution in [3.63, 3.8) is 0 Å². The normalized spacial score (nSPS) is 18.7. The van der Waals surface area contributed by atoms with Crippen LogP contribution in [-0.4, -0.2) is 66.2 Å². The number of amides is 2. The number of esters is 1. The van der Waals surface area contributed by atoms with E-state index in [0.29, 0.717) is 34.8 Å². The number of hydrogen-bond donors (Lipinski definition) is 2. The maximum absolute atomic E-state index is 14.0. The molecule has 3 rings (SSSR count). The van der Waals surface area contributed by atoms with Gasteiger partial charge in [-0.05, 0) is 57.7 Å². The molecule has 1 saturated heterocycles. The third-order valence-electron chi connectivity index (χ3n) is 7.01. The molecule has 10 nitrogen and oxygen atoms in total. The highest BCUT2D eigenvalue weighted by molar-refractivity contribution is 6.30. The third kappa shape index (κ3) is 10.7. The van der Waals surface area contributed by atoms with Crippen molar-refractivity contribution in [2.45, 2.75) is 76.7 Å². The Labute approximate surface area is 255 Å². The number of hydrogen-bond acceptors (Lipinski definition) is 7. The zero-order valence-electron chi connectivity index (χ0n) is 24.6. The van der Waals surface area contributed by atoms with Crippen LogP contribution in [0, 0.1) is 11.1 Å². The van der Waals surface area contributed by atoms with E-state index in [1.54, 1.807) is 68.1 Å². The second kappa shape index (κ2) is 14.9. The topological polar surface area (TPSA) is 138 Å². The second-order valence-corrected chi connectivity index (χ2v) is 12.3. The van der Waals surface area contributed by atoms with Gasteiger partial charge in [0.2, 0.25) is 11.8 Å². The zero-order chi connectivity index (χ0) is 31.8. The van der Waals surface area contributed by atoms with Gasteiger partial charge in [-0.25, -0.2) is 0 Å². The smallest absolute Gasteiger partial charge is 0.345 e. The molecule has 43 heavy (non-hydrogen) atoms. The molecule has 0 unspecified atom stereocenters. The molecule has 1 fully saturated rings. The first-order valence-electron chi connectivity index (χ1n) is 14.1. The van der Waals surface area contributed by atoms with Gasteiger partial charge in [-0.2, -0.15) is 13.5 Å². The summed E-state index contributed by atoms with van der Waals surface area (Å²) in [7, 11) is 0. The van der Waals surface area contributed by atoms with Gasteiger partial charge in [0, 0.05) is 36.7 Å². The van der Waals surface area contributed by atoms with Gasteiger partial charge in [0.05, 0.1) is 24.5 Å². The molecule has 3 atom stereocenters. The highest BCUT2D eigenvalue weighted by Gasteiger charge is 2.42. The number of halogens is 3. The first-order valence-corrected chi connectivity index (χ1v) is 14.4. The van der Waals surface area contributed by atoms with Crippen LogP contribution in [-0.2, 0) is 36.7 Å². The van der Waals surface area contributed by atoms with E-state index in [1.807, 2.05) is 0 Å². The lowest BCUT2D eigenvalue weighted by atomic mass is 9.82. The summed E-state index contributed by atoms with van der Waals surface area (Å²) >= 11 is 6.06. The van der Waals surface area contributed by atoms with E-state index in [9.17, 15) is 28.4 Å². The van der Waals surface area contributed by atoms with Crippen molar-refractivity contribution in [3.05, 3.63) is 70.1 Å². The van der Waals surface area contributed by atoms with E-state index in [0.717, 1.165) is 5.56 Å². The number of ether oxygens (including phenoxy) is 2. The highest BCUT2D eigenvalue weighted by atomic mass is 35.5. The number of alkyl halides is 2. The van der Waals surface area contributed by atoms with E-state index < -0.39 is 48.2 Å². The predicted molar refractivity (Wildman–Crippen MR) is 155 cm³/mol. The summed E-state index contributed by atoms with van der Waals surface area (Å²) in [5.74, 6) is -2.58. The summed E-state index contributed by atoms with van der Waals surface area (Å²) < 4.78 is 35.5. The van der Waals surface area contributed by atoms with Gasteiger partial charge < -0.3 is 30.6 Å². The summed E-state index contributed by atoms with van der Waals surface area (Å²) in [5.41, 5.74) is 5.20. The number of carbonyl (C=O) groups is 3. The van der Waals surface area contributed by atoms with Crippen LogP contribution in [0.3, 0.4) is 0 Å². The van der Waals surface area contributed by atoms with Crippen LogP contribution in [0.2, 0.25) is 5.02 Å². The number of rotatable bonds is 12. The molecule has 1 aliphatic heterocycles. The number of aromatic nitrogens is 1. The summed E-state index contributed by atoms with van der Waals surface area (Å²) in [6.07, 6.45) is 2.30. The number of piperidine rings is 1. The number of benzene rings is 1. The van der Waals surface area contributed by atoms with Crippen molar-refractivity contribution in [2.24, 2.45) is 11.7 Å². The summed E-state index contributed by atoms with van der Waals surface area (Å²) in [4.78, 5) is 41.5. The Morgan fingerprint density at radius 2 is 1.88 bits per heavy atom. The Morgan fingerprint density at radius 1 is 1.19 bits per heavy atom. The molecular formula is C30H39ClF2N4O6. The van der Waals surface area contributed by atoms with Crippen LogP contribution >= 0.6 is 11.6 Å². The summed E-state index contributed by atoms with van der Waals surface area (Å²) in [5, 5.41) is 15.9. The molecule has 0 spiro atoms. The molecule has 2 amide bonds. The van der Waals surface area contributed by atoms with Gasteiger partial charge >= 0.3 is 12.6 Å². The van der Waals surface area contributed by atoms with Crippen LogP contribution < -0.4 is 15.8 Å². The number of carbonyl (C=O) groups excluding carboxylic acids is 3.